The van der Waals surface area contributed by atoms with Crippen molar-refractivity contribution in [3.05, 3.63) is 109 Å². The van der Waals surface area contributed by atoms with Crippen LogP contribution in [0.2, 0.25) is 10.0 Å². The van der Waals surface area contributed by atoms with E-state index in [0.29, 0.717) is 21.7 Å². The lowest BCUT2D eigenvalue weighted by Crippen LogP contribution is -2.14. The van der Waals surface area contributed by atoms with Gasteiger partial charge >= 0.3 is 0 Å². The molecular weight excluding hydrogens is 654 g/mol. The second-order valence-corrected chi connectivity index (χ2v) is 12.1. The van der Waals surface area contributed by atoms with E-state index in [1.54, 1.807) is 12.2 Å². The topological polar surface area (TPSA) is 140 Å². The molecule has 0 aromatic heterocycles. The number of aromatic hydroxyl groups is 4. The van der Waals surface area contributed by atoms with Crippen LogP contribution in [-0.2, 0) is 19.3 Å². The lowest BCUT2D eigenvalue weighted by Gasteiger charge is -2.22. The van der Waals surface area contributed by atoms with Gasteiger partial charge in [-0.15, -0.1) is 0 Å². The molecule has 0 saturated carbocycles. The summed E-state index contributed by atoms with van der Waals surface area (Å²) in [6.07, 6.45) is 5.49. The van der Waals surface area contributed by atoms with E-state index < -0.39 is 0 Å². The summed E-state index contributed by atoms with van der Waals surface area (Å²) in [5, 5.41) is 64.1. The Hall–Kier alpha value is -3.82. The summed E-state index contributed by atoms with van der Waals surface area (Å²) in [4.78, 5) is 0. The van der Waals surface area contributed by atoms with Crippen LogP contribution in [0.5, 0.6) is 40.2 Å². The van der Waals surface area contributed by atoms with Gasteiger partial charge in [-0.05, 0) is 49.5 Å². The van der Waals surface area contributed by atoms with Crippen molar-refractivity contribution in [3.8, 4) is 40.2 Å². The van der Waals surface area contributed by atoms with Crippen LogP contribution in [0.1, 0.15) is 29.5 Å². The maximum absolute atomic E-state index is 10.7. The number of hydrogen-bond donors (Lipinski definition) is 6. The Morgan fingerprint density at radius 2 is 1.20 bits per heavy atom. The molecule has 0 amide bonds. The monoisotopic (exact) mass is 678 g/mol. The van der Waals surface area contributed by atoms with E-state index in [1.807, 2.05) is 0 Å². The quantitative estimate of drug-likeness (QED) is 0.138. The molecule has 0 spiro atoms. The van der Waals surface area contributed by atoms with E-state index in [9.17, 15) is 30.6 Å². The predicted octanol–water partition coefficient (Wildman–Crippen LogP) is 9.20. The van der Waals surface area contributed by atoms with Crippen LogP contribution in [0.25, 0.3) is 0 Å². The molecule has 6 rings (SSSR count). The molecule has 0 fully saturated rings. The number of benzene rings is 3. The first kappa shape index (κ1) is 31.6. The molecule has 2 heterocycles. The maximum atomic E-state index is 10.7. The third-order valence-electron chi connectivity index (χ3n) is 7.07. The summed E-state index contributed by atoms with van der Waals surface area (Å²) >= 11 is 25.7. The molecule has 0 radical (unpaired) electrons. The summed E-state index contributed by atoms with van der Waals surface area (Å²) < 4.78 is 11.8. The molecule has 1 aliphatic carbocycles. The Bertz CT molecular complexity index is 1760. The van der Waals surface area contributed by atoms with Crippen LogP contribution in [0.4, 0.5) is 0 Å². The average Bonchev–Trinajstić information content (AvgIpc) is 2.93. The first-order valence-electron chi connectivity index (χ1n) is 13.3. The number of allylic oxidation sites excluding steroid dienone is 6. The highest BCUT2D eigenvalue weighted by Crippen LogP contribution is 2.43. The number of aliphatic hydroxyl groups is 2. The zero-order chi connectivity index (χ0) is 31.7. The van der Waals surface area contributed by atoms with Gasteiger partial charge in [0.25, 0.3) is 0 Å². The lowest BCUT2D eigenvalue weighted by atomic mass is 9.93. The van der Waals surface area contributed by atoms with Crippen molar-refractivity contribution >= 4 is 46.4 Å². The third-order valence-corrected chi connectivity index (χ3v) is 8.26. The van der Waals surface area contributed by atoms with Crippen molar-refractivity contribution in [2.24, 2.45) is 5.92 Å². The van der Waals surface area contributed by atoms with Gasteiger partial charge in [-0.1, -0.05) is 58.6 Å². The van der Waals surface area contributed by atoms with Crippen LogP contribution >= 0.6 is 46.4 Å². The summed E-state index contributed by atoms with van der Waals surface area (Å²) in [6.45, 7) is 0. The number of halogens is 4. The molecule has 12 heteroatoms. The lowest BCUT2D eigenvalue weighted by molar-refractivity contribution is 0.262. The van der Waals surface area contributed by atoms with Crippen LogP contribution in [0.15, 0.2) is 82.0 Å². The molecule has 0 saturated heterocycles. The fraction of sp³-hybridized carbons (Fsp3) is 0.188. The molecule has 3 aromatic carbocycles. The highest BCUT2D eigenvalue weighted by atomic mass is 35.5. The van der Waals surface area contributed by atoms with E-state index >= 15 is 0 Å². The number of ether oxygens (including phenoxy) is 2. The van der Waals surface area contributed by atoms with Crippen LogP contribution in [0.3, 0.4) is 0 Å². The molecule has 3 aromatic rings. The Kier molecular flexibility index (Phi) is 9.37. The Balaban J connectivity index is 1.60. The maximum Gasteiger partial charge on any atom is 0.206 e. The van der Waals surface area contributed by atoms with Crippen molar-refractivity contribution in [2.75, 3.05) is 0 Å². The smallest absolute Gasteiger partial charge is 0.206 e. The summed E-state index contributed by atoms with van der Waals surface area (Å²) in [5.74, 6) is -1.71. The molecule has 1 atom stereocenters. The van der Waals surface area contributed by atoms with Gasteiger partial charge in [0.15, 0.2) is 17.3 Å². The fourth-order valence-corrected chi connectivity index (χ4v) is 5.79. The molecule has 44 heavy (non-hydrogen) atoms. The second-order valence-electron chi connectivity index (χ2n) is 10.4. The van der Waals surface area contributed by atoms with Gasteiger partial charge in [-0.25, -0.2) is 0 Å². The van der Waals surface area contributed by atoms with Crippen LogP contribution < -0.4 is 9.47 Å². The molecule has 2 aliphatic heterocycles. The number of hydrogen-bond acceptors (Lipinski definition) is 8. The van der Waals surface area contributed by atoms with Gasteiger partial charge in [-0.3, -0.25) is 0 Å². The second kappa shape index (κ2) is 13.0. The first-order chi connectivity index (χ1) is 20.9. The van der Waals surface area contributed by atoms with Gasteiger partial charge in [0.1, 0.15) is 34.5 Å². The summed E-state index contributed by atoms with van der Waals surface area (Å²) in [7, 11) is 0. The van der Waals surface area contributed by atoms with E-state index in [4.69, 9.17) is 55.9 Å². The van der Waals surface area contributed by atoms with Crippen molar-refractivity contribution in [2.45, 2.75) is 32.1 Å². The first-order valence-corrected chi connectivity index (χ1v) is 14.8. The van der Waals surface area contributed by atoms with Gasteiger partial charge in [0.2, 0.25) is 5.76 Å². The molecular formula is C32H26Cl4O8. The minimum absolute atomic E-state index is 0.00988. The minimum atomic E-state index is -0.367. The minimum Gasteiger partial charge on any atom is -0.508 e. The largest absolute Gasteiger partial charge is 0.508 e. The van der Waals surface area contributed by atoms with E-state index in [-0.39, 0.29) is 111 Å². The highest BCUT2D eigenvalue weighted by Gasteiger charge is 2.26. The van der Waals surface area contributed by atoms with Crippen molar-refractivity contribution in [3.63, 3.8) is 0 Å². The molecule has 8 nitrogen and oxygen atoms in total. The molecule has 230 valence electrons. The van der Waals surface area contributed by atoms with E-state index in [2.05, 4.69) is 0 Å². The number of phenolic OH excluding ortho intramolecular Hbond substituents is 4. The SMILES string of the molecule is OC1=CC2CC(O)=C1Oc1cc(c(O)cc1Cl)C/C=C(/Cl)Cc1cc(O)cc(O)c1Oc1cc(c(O)cc1Cl)C/C=C(/Cl)C2. The van der Waals surface area contributed by atoms with Gasteiger partial charge in [-0.2, -0.15) is 0 Å². The highest BCUT2D eigenvalue weighted by molar-refractivity contribution is 6.32. The average molecular weight is 680 g/mol. The third kappa shape index (κ3) is 7.11. The number of rotatable bonds is 0. The summed E-state index contributed by atoms with van der Waals surface area (Å²) in [6, 6.07) is 8.03. The van der Waals surface area contributed by atoms with Crippen molar-refractivity contribution in [1.82, 2.24) is 0 Å². The number of phenols is 4. The molecule has 6 N–H and O–H groups in total. The Labute approximate surface area is 272 Å². The Morgan fingerprint density at radius 3 is 1.82 bits per heavy atom. The Morgan fingerprint density at radius 1 is 0.614 bits per heavy atom. The predicted molar refractivity (Wildman–Crippen MR) is 169 cm³/mol. The standard InChI is InChI=1S/C32H26Cl4O8/c33-19-3-1-16-10-29(22(35)13-24(16)38)43-31-18(9-21(37)12-28(31)42)8-20(34)4-2-17-11-30(23(36)14-25(17)39)44-32-26(40)6-15(5-19)7-27(32)41/h3-4,6,9-15,37-42H,1-2,5,7-8H2/b19-3+,20-4+. The number of aliphatic hydroxyl groups excluding tert-OH is 2. The molecule has 3 aliphatic rings. The van der Waals surface area contributed by atoms with E-state index in [0.717, 1.165) is 6.07 Å². The number of fused-ring (bicyclic) bond motifs is 5. The van der Waals surface area contributed by atoms with Crippen LogP contribution in [0, 0.1) is 5.92 Å². The van der Waals surface area contributed by atoms with Gasteiger partial charge < -0.3 is 40.1 Å². The van der Waals surface area contributed by atoms with E-state index in [1.165, 1.54) is 36.4 Å². The normalized spacial score (nSPS) is 20.0. The fourth-order valence-electron chi connectivity index (χ4n) is 4.90. The summed E-state index contributed by atoms with van der Waals surface area (Å²) in [5.41, 5.74) is 1.11. The van der Waals surface area contributed by atoms with Gasteiger partial charge in [0.05, 0.1) is 10.0 Å². The van der Waals surface area contributed by atoms with Crippen molar-refractivity contribution < 1.29 is 40.1 Å². The molecule has 6 bridgehead atoms. The zero-order valence-corrected chi connectivity index (χ0v) is 25.8. The molecule has 1 unspecified atom stereocenters. The van der Waals surface area contributed by atoms with Crippen LogP contribution in [-0.4, -0.2) is 30.6 Å². The zero-order valence-electron chi connectivity index (χ0n) is 22.8. The van der Waals surface area contributed by atoms with Crippen molar-refractivity contribution in [1.29, 1.82) is 0 Å². The van der Waals surface area contributed by atoms with Gasteiger partial charge in [0, 0.05) is 57.8 Å².